The van der Waals surface area contributed by atoms with Gasteiger partial charge in [-0.05, 0) is 43.0 Å². The standard InChI is InChI=1S/C16H28N2O2S/c1-6-12-17-16(7-2)13(3)14-8-10-15(11-9-14)21(19,20)18(4)5/h8-11,13,16-17H,6-7,12H2,1-5H3. The van der Waals surface area contributed by atoms with E-state index in [4.69, 9.17) is 0 Å². The maximum Gasteiger partial charge on any atom is 0.242 e. The molecule has 21 heavy (non-hydrogen) atoms. The van der Waals surface area contributed by atoms with Gasteiger partial charge in [0.05, 0.1) is 4.90 Å². The molecule has 1 rings (SSSR count). The third kappa shape index (κ3) is 4.53. The molecule has 1 aromatic carbocycles. The lowest BCUT2D eigenvalue weighted by Gasteiger charge is -2.24. The third-order valence-corrected chi connectivity index (χ3v) is 5.71. The Morgan fingerprint density at radius 3 is 2.14 bits per heavy atom. The van der Waals surface area contributed by atoms with Gasteiger partial charge in [-0.1, -0.05) is 32.9 Å². The molecule has 120 valence electrons. The Morgan fingerprint density at radius 1 is 1.14 bits per heavy atom. The molecule has 0 spiro atoms. The zero-order valence-corrected chi connectivity index (χ0v) is 14.6. The van der Waals surface area contributed by atoms with Crippen LogP contribution in [0.2, 0.25) is 0 Å². The largest absolute Gasteiger partial charge is 0.313 e. The highest BCUT2D eigenvalue weighted by atomic mass is 32.2. The van der Waals surface area contributed by atoms with Gasteiger partial charge in [0, 0.05) is 20.1 Å². The van der Waals surface area contributed by atoms with Crippen LogP contribution >= 0.6 is 0 Å². The van der Waals surface area contributed by atoms with E-state index < -0.39 is 10.0 Å². The van der Waals surface area contributed by atoms with Crippen LogP contribution in [-0.4, -0.2) is 39.4 Å². The minimum Gasteiger partial charge on any atom is -0.313 e. The molecule has 0 saturated heterocycles. The van der Waals surface area contributed by atoms with Gasteiger partial charge in [-0.3, -0.25) is 0 Å². The fourth-order valence-corrected chi connectivity index (χ4v) is 3.29. The van der Waals surface area contributed by atoms with Crippen LogP contribution < -0.4 is 5.32 Å². The Bertz CT molecular complexity index is 524. The summed E-state index contributed by atoms with van der Waals surface area (Å²) in [6.07, 6.45) is 2.17. The number of rotatable bonds is 8. The summed E-state index contributed by atoms with van der Waals surface area (Å²) in [6.45, 7) is 7.53. The monoisotopic (exact) mass is 312 g/mol. The molecule has 0 aromatic heterocycles. The molecule has 1 N–H and O–H groups in total. The van der Waals surface area contributed by atoms with E-state index in [0.717, 1.165) is 19.4 Å². The predicted molar refractivity (Wildman–Crippen MR) is 88.1 cm³/mol. The molecule has 2 unspecified atom stereocenters. The van der Waals surface area contributed by atoms with Gasteiger partial charge in [-0.2, -0.15) is 0 Å². The van der Waals surface area contributed by atoms with Crippen molar-refractivity contribution in [3.8, 4) is 0 Å². The lowest BCUT2D eigenvalue weighted by Crippen LogP contribution is -2.33. The van der Waals surface area contributed by atoms with E-state index in [-0.39, 0.29) is 0 Å². The summed E-state index contributed by atoms with van der Waals surface area (Å²) < 4.78 is 25.4. The van der Waals surface area contributed by atoms with Crippen molar-refractivity contribution >= 4 is 10.0 Å². The molecular weight excluding hydrogens is 284 g/mol. The van der Waals surface area contributed by atoms with Crippen molar-refractivity contribution in [1.82, 2.24) is 9.62 Å². The SMILES string of the molecule is CCCNC(CC)C(C)c1ccc(S(=O)(=O)N(C)C)cc1. The molecule has 0 amide bonds. The van der Waals surface area contributed by atoms with Crippen molar-refractivity contribution in [2.24, 2.45) is 0 Å². The zero-order valence-electron chi connectivity index (χ0n) is 13.8. The Labute approximate surface area is 129 Å². The Kier molecular flexibility index (Phi) is 6.84. The van der Waals surface area contributed by atoms with Crippen molar-refractivity contribution < 1.29 is 8.42 Å². The van der Waals surface area contributed by atoms with Crippen LogP contribution in [0.4, 0.5) is 0 Å². The first-order chi connectivity index (χ1) is 9.84. The second kappa shape index (κ2) is 7.92. The van der Waals surface area contributed by atoms with Crippen molar-refractivity contribution in [2.75, 3.05) is 20.6 Å². The fourth-order valence-electron chi connectivity index (χ4n) is 2.39. The Morgan fingerprint density at radius 2 is 1.71 bits per heavy atom. The lowest BCUT2D eigenvalue weighted by molar-refractivity contribution is 0.438. The second-order valence-electron chi connectivity index (χ2n) is 5.61. The molecule has 0 heterocycles. The maximum atomic E-state index is 12.1. The van der Waals surface area contributed by atoms with E-state index in [0.29, 0.717) is 16.9 Å². The minimum absolute atomic E-state index is 0.345. The number of benzene rings is 1. The minimum atomic E-state index is -3.34. The molecule has 0 aliphatic heterocycles. The normalized spacial score (nSPS) is 15.1. The summed E-state index contributed by atoms with van der Waals surface area (Å²) in [7, 11) is -0.243. The van der Waals surface area contributed by atoms with Crippen molar-refractivity contribution in [1.29, 1.82) is 0 Å². The molecule has 0 aliphatic rings. The fraction of sp³-hybridized carbons (Fsp3) is 0.625. The topological polar surface area (TPSA) is 49.4 Å². The molecule has 5 heteroatoms. The van der Waals surface area contributed by atoms with Crippen LogP contribution in [-0.2, 0) is 10.0 Å². The van der Waals surface area contributed by atoms with Gasteiger partial charge >= 0.3 is 0 Å². The molecule has 4 nitrogen and oxygen atoms in total. The van der Waals surface area contributed by atoms with Crippen molar-refractivity contribution in [2.45, 2.75) is 50.5 Å². The van der Waals surface area contributed by atoms with Crippen LogP contribution in [0, 0.1) is 0 Å². The highest BCUT2D eigenvalue weighted by Gasteiger charge is 2.19. The van der Waals surface area contributed by atoms with Gasteiger partial charge in [0.15, 0.2) is 0 Å². The number of nitrogens with one attached hydrogen (secondary N) is 1. The van der Waals surface area contributed by atoms with Crippen LogP contribution in [0.3, 0.4) is 0 Å². The van der Waals surface area contributed by atoms with Gasteiger partial charge in [0.2, 0.25) is 10.0 Å². The number of hydrogen-bond acceptors (Lipinski definition) is 3. The Balaban J connectivity index is 2.91. The number of sulfonamides is 1. The molecular formula is C16H28N2O2S. The van der Waals surface area contributed by atoms with Crippen LogP contribution in [0.15, 0.2) is 29.2 Å². The highest BCUT2D eigenvalue weighted by Crippen LogP contribution is 2.23. The van der Waals surface area contributed by atoms with Gasteiger partial charge in [0.1, 0.15) is 0 Å². The van der Waals surface area contributed by atoms with Crippen LogP contribution in [0.1, 0.15) is 45.1 Å². The maximum absolute atomic E-state index is 12.1. The molecule has 1 aromatic rings. The Hall–Kier alpha value is -0.910. The van der Waals surface area contributed by atoms with E-state index in [2.05, 4.69) is 26.1 Å². The lowest BCUT2D eigenvalue weighted by atomic mass is 9.91. The second-order valence-corrected chi connectivity index (χ2v) is 7.77. The van der Waals surface area contributed by atoms with Crippen LogP contribution in [0.5, 0.6) is 0 Å². The molecule has 0 fully saturated rings. The average molecular weight is 312 g/mol. The first-order valence-corrected chi connectivity index (χ1v) is 9.04. The summed E-state index contributed by atoms with van der Waals surface area (Å²) in [5.41, 5.74) is 1.17. The predicted octanol–water partition coefficient (Wildman–Crippen LogP) is 2.82. The first kappa shape index (κ1) is 18.1. The summed E-state index contributed by atoms with van der Waals surface area (Å²) >= 11 is 0. The van der Waals surface area contributed by atoms with Crippen LogP contribution in [0.25, 0.3) is 0 Å². The smallest absolute Gasteiger partial charge is 0.242 e. The number of hydrogen-bond donors (Lipinski definition) is 1. The molecule has 0 aliphatic carbocycles. The van der Waals surface area contributed by atoms with E-state index in [9.17, 15) is 8.42 Å². The quantitative estimate of drug-likeness (QED) is 0.803. The first-order valence-electron chi connectivity index (χ1n) is 7.60. The average Bonchev–Trinajstić information content (AvgIpc) is 2.47. The van der Waals surface area contributed by atoms with Gasteiger partial charge in [-0.25, -0.2) is 12.7 Å². The van der Waals surface area contributed by atoms with E-state index in [1.54, 1.807) is 26.2 Å². The third-order valence-electron chi connectivity index (χ3n) is 3.88. The van der Waals surface area contributed by atoms with E-state index in [1.165, 1.54) is 9.87 Å². The van der Waals surface area contributed by atoms with Gasteiger partial charge in [-0.15, -0.1) is 0 Å². The van der Waals surface area contributed by atoms with E-state index in [1.807, 2.05) is 12.1 Å². The molecule has 0 bridgehead atoms. The molecule has 0 radical (unpaired) electrons. The molecule has 0 saturated carbocycles. The molecule has 2 atom stereocenters. The summed E-state index contributed by atoms with van der Waals surface area (Å²) in [6, 6.07) is 7.68. The summed E-state index contributed by atoms with van der Waals surface area (Å²) in [5.74, 6) is 0.359. The van der Waals surface area contributed by atoms with E-state index >= 15 is 0 Å². The van der Waals surface area contributed by atoms with Gasteiger partial charge < -0.3 is 5.32 Å². The van der Waals surface area contributed by atoms with Crippen molar-refractivity contribution in [3.05, 3.63) is 29.8 Å². The highest BCUT2D eigenvalue weighted by molar-refractivity contribution is 7.89. The van der Waals surface area contributed by atoms with Crippen molar-refractivity contribution in [3.63, 3.8) is 0 Å². The number of nitrogens with zero attached hydrogens (tertiary/aromatic N) is 1. The van der Waals surface area contributed by atoms with Gasteiger partial charge in [0.25, 0.3) is 0 Å². The zero-order chi connectivity index (χ0) is 16.0. The summed E-state index contributed by atoms with van der Waals surface area (Å²) in [4.78, 5) is 0.345. The summed E-state index contributed by atoms with van der Waals surface area (Å²) in [5, 5.41) is 3.55.